The van der Waals surface area contributed by atoms with E-state index in [-0.39, 0.29) is 17.8 Å². The number of hydrogen-bond donors (Lipinski definition) is 1. The van der Waals surface area contributed by atoms with Crippen molar-refractivity contribution in [3.63, 3.8) is 0 Å². The first-order chi connectivity index (χ1) is 11.6. The van der Waals surface area contributed by atoms with Crippen molar-refractivity contribution < 1.29 is 14.3 Å². The van der Waals surface area contributed by atoms with Gasteiger partial charge in [0, 0.05) is 11.3 Å². The predicted molar refractivity (Wildman–Crippen MR) is 96.4 cm³/mol. The zero-order valence-corrected chi connectivity index (χ0v) is 15.5. The van der Waals surface area contributed by atoms with Crippen molar-refractivity contribution in [1.82, 2.24) is 9.97 Å². The van der Waals surface area contributed by atoms with Crippen LogP contribution in [0.3, 0.4) is 0 Å². The Kier molecular flexibility index (Phi) is 5.57. The Labute approximate surface area is 149 Å². The minimum absolute atomic E-state index is 0.186. The summed E-state index contributed by atoms with van der Waals surface area (Å²) >= 11 is 2.86. The lowest BCUT2D eigenvalue weighted by Crippen LogP contribution is -2.21. The van der Waals surface area contributed by atoms with Gasteiger partial charge in [0.15, 0.2) is 5.16 Å². The standard InChI is InChI=1S/C16H21N3O3S2/c1-3-5-9-6-10-11(7-22-9)24-15-13(10)14(17)18-16(19-15)23-8-12(20)21-4-2/h9H,3-8H2,1-2H3,(H2,17,18,19)/t9-/m0/s1. The van der Waals surface area contributed by atoms with Gasteiger partial charge in [0.2, 0.25) is 0 Å². The molecular weight excluding hydrogens is 346 g/mol. The van der Waals surface area contributed by atoms with Gasteiger partial charge in [-0.15, -0.1) is 11.3 Å². The topological polar surface area (TPSA) is 87.3 Å². The van der Waals surface area contributed by atoms with Crippen molar-refractivity contribution in [3.8, 4) is 0 Å². The Morgan fingerprint density at radius 3 is 3.04 bits per heavy atom. The van der Waals surface area contributed by atoms with Crippen LogP contribution < -0.4 is 5.73 Å². The number of esters is 1. The van der Waals surface area contributed by atoms with Crippen LogP contribution in [0.1, 0.15) is 37.1 Å². The van der Waals surface area contributed by atoms with Crippen molar-refractivity contribution in [3.05, 3.63) is 10.4 Å². The molecule has 2 aromatic rings. The van der Waals surface area contributed by atoms with E-state index >= 15 is 0 Å². The highest BCUT2D eigenvalue weighted by Crippen LogP contribution is 2.38. The van der Waals surface area contributed by atoms with Crippen LogP contribution in [0.5, 0.6) is 0 Å². The third kappa shape index (κ3) is 3.65. The van der Waals surface area contributed by atoms with Crippen molar-refractivity contribution in [1.29, 1.82) is 0 Å². The molecule has 3 rings (SSSR count). The van der Waals surface area contributed by atoms with E-state index in [2.05, 4.69) is 16.9 Å². The minimum Gasteiger partial charge on any atom is -0.465 e. The van der Waals surface area contributed by atoms with Crippen LogP contribution in [-0.2, 0) is 27.3 Å². The largest absolute Gasteiger partial charge is 0.465 e. The lowest BCUT2D eigenvalue weighted by Gasteiger charge is -2.22. The summed E-state index contributed by atoms with van der Waals surface area (Å²) < 4.78 is 10.8. The molecular formula is C16H21N3O3S2. The molecule has 1 aliphatic heterocycles. The van der Waals surface area contributed by atoms with Gasteiger partial charge in [-0.3, -0.25) is 4.79 Å². The molecule has 0 amide bonds. The van der Waals surface area contributed by atoms with E-state index in [4.69, 9.17) is 15.2 Å². The van der Waals surface area contributed by atoms with Crippen molar-refractivity contribution in [2.45, 2.75) is 51.0 Å². The molecule has 1 atom stereocenters. The summed E-state index contributed by atoms with van der Waals surface area (Å²) in [6.45, 7) is 4.94. The van der Waals surface area contributed by atoms with Crippen molar-refractivity contribution >= 4 is 45.1 Å². The third-order valence-electron chi connectivity index (χ3n) is 3.86. The molecule has 2 aromatic heterocycles. The third-order valence-corrected chi connectivity index (χ3v) is 5.78. The number of fused-ring (bicyclic) bond motifs is 3. The smallest absolute Gasteiger partial charge is 0.316 e. The van der Waals surface area contributed by atoms with Gasteiger partial charge in [-0.25, -0.2) is 9.97 Å². The Morgan fingerprint density at radius 2 is 2.29 bits per heavy atom. The highest BCUT2D eigenvalue weighted by Gasteiger charge is 2.25. The number of thiophene rings is 1. The van der Waals surface area contributed by atoms with E-state index in [9.17, 15) is 4.79 Å². The van der Waals surface area contributed by atoms with Crippen LogP contribution >= 0.6 is 23.1 Å². The van der Waals surface area contributed by atoms with Gasteiger partial charge < -0.3 is 15.2 Å². The number of nitrogen functional groups attached to an aromatic ring is 1. The second kappa shape index (κ2) is 7.67. The lowest BCUT2D eigenvalue weighted by atomic mass is 10.0. The number of nitrogens with zero attached hydrogens (tertiary/aromatic N) is 2. The highest BCUT2D eigenvalue weighted by molar-refractivity contribution is 7.99. The SMILES string of the molecule is CCC[C@H]1Cc2c(sc3nc(SCC(=O)OCC)nc(N)c23)CO1. The molecule has 0 saturated carbocycles. The number of anilines is 1. The second-order valence-corrected chi connectivity index (χ2v) is 7.62. The number of carbonyl (C=O) groups is 1. The molecule has 24 heavy (non-hydrogen) atoms. The van der Waals surface area contributed by atoms with Crippen LogP contribution in [0.15, 0.2) is 5.16 Å². The molecule has 8 heteroatoms. The molecule has 0 saturated heterocycles. The molecule has 0 unspecified atom stereocenters. The van der Waals surface area contributed by atoms with Crippen LogP contribution in [-0.4, -0.2) is 34.4 Å². The van der Waals surface area contributed by atoms with Gasteiger partial charge in [0.25, 0.3) is 0 Å². The first-order valence-corrected chi connectivity index (χ1v) is 9.90. The Bertz CT molecular complexity index is 748. The summed E-state index contributed by atoms with van der Waals surface area (Å²) in [4.78, 5) is 22.5. The quantitative estimate of drug-likeness (QED) is 0.476. The minimum atomic E-state index is -0.272. The average Bonchev–Trinajstić information content (AvgIpc) is 2.91. The molecule has 2 N–H and O–H groups in total. The van der Waals surface area contributed by atoms with Crippen LogP contribution in [0.4, 0.5) is 5.82 Å². The van der Waals surface area contributed by atoms with Gasteiger partial charge in [-0.1, -0.05) is 25.1 Å². The normalized spacial score (nSPS) is 17.0. The van der Waals surface area contributed by atoms with Crippen LogP contribution in [0, 0.1) is 0 Å². The van der Waals surface area contributed by atoms with Gasteiger partial charge in [0.1, 0.15) is 10.6 Å². The molecule has 0 radical (unpaired) electrons. The van der Waals surface area contributed by atoms with E-state index in [0.717, 1.165) is 29.5 Å². The van der Waals surface area contributed by atoms with Gasteiger partial charge >= 0.3 is 5.97 Å². The van der Waals surface area contributed by atoms with Crippen LogP contribution in [0.2, 0.25) is 0 Å². The number of hydrogen-bond acceptors (Lipinski definition) is 8. The van der Waals surface area contributed by atoms with Gasteiger partial charge in [-0.05, 0) is 18.9 Å². The van der Waals surface area contributed by atoms with E-state index < -0.39 is 0 Å². The zero-order valence-electron chi connectivity index (χ0n) is 13.8. The van der Waals surface area contributed by atoms with E-state index in [1.807, 2.05) is 0 Å². The Balaban J connectivity index is 1.84. The number of rotatable bonds is 6. The Hall–Kier alpha value is -1.38. The number of carbonyl (C=O) groups excluding carboxylic acids is 1. The monoisotopic (exact) mass is 367 g/mol. The summed E-state index contributed by atoms with van der Waals surface area (Å²) in [5.41, 5.74) is 7.43. The van der Waals surface area contributed by atoms with Crippen molar-refractivity contribution in [2.24, 2.45) is 0 Å². The second-order valence-electron chi connectivity index (χ2n) is 5.59. The highest BCUT2D eigenvalue weighted by atomic mass is 32.2. The molecule has 1 aliphatic rings. The number of thioether (sulfide) groups is 1. The maximum absolute atomic E-state index is 11.5. The summed E-state index contributed by atoms with van der Waals surface area (Å²) in [6, 6.07) is 0. The fourth-order valence-electron chi connectivity index (χ4n) is 2.82. The fourth-order valence-corrected chi connectivity index (χ4v) is 4.66. The van der Waals surface area contributed by atoms with E-state index in [0.29, 0.717) is 24.2 Å². The lowest BCUT2D eigenvalue weighted by molar-refractivity contribution is -0.139. The molecule has 0 fully saturated rings. The van der Waals surface area contributed by atoms with Gasteiger partial charge in [-0.2, -0.15) is 0 Å². The summed E-state index contributed by atoms with van der Waals surface area (Å²) in [7, 11) is 0. The fraction of sp³-hybridized carbons (Fsp3) is 0.562. The summed E-state index contributed by atoms with van der Waals surface area (Å²) in [5, 5.41) is 1.47. The molecule has 3 heterocycles. The van der Waals surface area contributed by atoms with Crippen molar-refractivity contribution in [2.75, 3.05) is 18.1 Å². The summed E-state index contributed by atoms with van der Waals surface area (Å²) in [5.74, 6) is 0.401. The maximum Gasteiger partial charge on any atom is 0.316 e. The molecule has 6 nitrogen and oxygen atoms in total. The number of aromatic nitrogens is 2. The Morgan fingerprint density at radius 1 is 1.46 bits per heavy atom. The molecule has 0 bridgehead atoms. The first kappa shape index (κ1) is 17.4. The molecule has 130 valence electrons. The molecule has 0 aromatic carbocycles. The average molecular weight is 367 g/mol. The maximum atomic E-state index is 11.5. The zero-order chi connectivity index (χ0) is 17.1. The number of nitrogens with two attached hydrogens (primary N) is 1. The first-order valence-electron chi connectivity index (χ1n) is 8.10. The predicted octanol–water partition coefficient (Wildman–Crippen LogP) is 3.17. The molecule has 0 aliphatic carbocycles. The van der Waals surface area contributed by atoms with E-state index in [1.54, 1.807) is 18.3 Å². The molecule has 0 spiro atoms. The summed E-state index contributed by atoms with van der Waals surface area (Å²) in [6.07, 6.45) is 3.26. The van der Waals surface area contributed by atoms with E-state index in [1.165, 1.54) is 22.2 Å². The number of ether oxygens (including phenoxy) is 2. The van der Waals surface area contributed by atoms with Gasteiger partial charge in [0.05, 0.1) is 30.5 Å². The van der Waals surface area contributed by atoms with Crippen LogP contribution in [0.25, 0.3) is 10.2 Å².